The lowest BCUT2D eigenvalue weighted by Crippen LogP contribution is -2.61. The summed E-state index contributed by atoms with van der Waals surface area (Å²) in [7, 11) is 0. The first-order valence-electron chi connectivity index (χ1n) is 13.5. The molecule has 0 bridgehead atoms. The maximum absolute atomic E-state index is 2.67. The standard InChI is InChI=1S/C33H27BN2/c1-19(2)22-17-29-31-30(18-22)36-14-12-26-24-10-6-4-8-21(24)16-28(33(26)36)34(31)27-15-20-7-3-5-9-23(20)25-11-13-35(29)32(25)27/h3-10,15-19H,11-14H2,1-2H3. The molecule has 5 aromatic carbocycles. The molecule has 36 heavy (non-hydrogen) atoms. The highest BCUT2D eigenvalue weighted by molar-refractivity contribution is 7.00. The second-order valence-corrected chi connectivity index (χ2v) is 11.4. The molecule has 0 aromatic heterocycles. The highest BCUT2D eigenvalue weighted by Crippen LogP contribution is 2.47. The van der Waals surface area contributed by atoms with Crippen LogP contribution in [0.3, 0.4) is 0 Å². The first kappa shape index (κ1) is 19.5. The van der Waals surface area contributed by atoms with Crippen molar-refractivity contribution in [3.8, 4) is 0 Å². The normalized spacial score (nSPS) is 16.2. The molecule has 4 aliphatic rings. The molecule has 2 nitrogen and oxygen atoms in total. The van der Waals surface area contributed by atoms with E-state index in [1.165, 1.54) is 66.2 Å². The van der Waals surface area contributed by atoms with Crippen LogP contribution in [0.25, 0.3) is 21.5 Å². The Balaban J connectivity index is 1.46. The molecule has 9 rings (SSSR count). The second-order valence-electron chi connectivity index (χ2n) is 11.4. The molecule has 0 amide bonds. The van der Waals surface area contributed by atoms with Crippen LogP contribution in [-0.4, -0.2) is 19.8 Å². The van der Waals surface area contributed by atoms with Gasteiger partial charge in [-0.1, -0.05) is 74.5 Å². The van der Waals surface area contributed by atoms with Gasteiger partial charge < -0.3 is 9.80 Å². The van der Waals surface area contributed by atoms with E-state index in [0.717, 1.165) is 25.9 Å². The summed E-state index contributed by atoms with van der Waals surface area (Å²) in [5.41, 5.74) is 15.0. The van der Waals surface area contributed by atoms with E-state index < -0.39 is 0 Å². The summed E-state index contributed by atoms with van der Waals surface area (Å²) in [6.45, 7) is 7.12. The van der Waals surface area contributed by atoms with Crippen molar-refractivity contribution in [2.75, 3.05) is 22.9 Å². The Kier molecular flexibility index (Phi) is 3.53. The Labute approximate surface area is 212 Å². The van der Waals surface area contributed by atoms with Gasteiger partial charge in [0.25, 0.3) is 6.71 Å². The first-order chi connectivity index (χ1) is 17.7. The number of hydrogen-bond donors (Lipinski definition) is 0. The predicted molar refractivity (Wildman–Crippen MR) is 155 cm³/mol. The largest absolute Gasteiger partial charge is 0.342 e. The molecule has 0 fully saturated rings. The van der Waals surface area contributed by atoms with E-state index in [4.69, 9.17) is 0 Å². The van der Waals surface area contributed by atoms with Gasteiger partial charge in [-0.2, -0.15) is 0 Å². The maximum Gasteiger partial charge on any atom is 0.252 e. The molecule has 0 unspecified atom stereocenters. The fourth-order valence-electron chi connectivity index (χ4n) is 7.81. The van der Waals surface area contributed by atoms with Gasteiger partial charge in [-0.05, 0) is 85.5 Å². The van der Waals surface area contributed by atoms with Crippen molar-refractivity contribution in [1.82, 2.24) is 0 Å². The molecule has 5 aromatic rings. The Bertz CT molecular complexity index is 1680. The molecule has 0 saturated heterocycles. The van der Waals surface area contributed by atoms with E-state index in [-0.39, 0.29) is 6.71 Å². The van der Waals surface area contributed by atoms with Gasteiger partial charge in [-0.3, -0.25) is 0 Å². The van der Waals surface area contributed by atoms with Crippen molar-refractivity contribution >= 4 is 67.4 Å². The lowest BCUT2D eigenvalue weighted by atomic mass is 9.33. The molecule has 0 aliphatic carbocycles. The minimum Gasteiger partial charge on any atom is -0.342 e. The predicted octanol–water partition coefficient (Wildman–Crippen LogP) is 5.65. The van der Waals surface area contributed by atoms with Crippen molar-refractivity contribution in [3.63, 3.8) is 0 Å². The summed E-state index contributed by atoms with van der Waals surface area (Å²) in [6, 6.07) is 28.2. The molecule has 0 saturated carbocycles. The van der Waals surface area contributed by atoms with Crippen LogP contribution in [-0.2, 0) is 12.8 Å². The molecule has 172 valence electrons. The van der Waals surface area contributed by atoms with E-state index >= 15 is 0 Å². The average molecular weight is 462 g/mol. The Morgan fingerprint density at radius 2 is 1.17 bits per heavy atom. The third kappa shape index (κ3) is 2.22. The van der Waals surface area contributed by atoms with Crippen LogP contribution in [0.1, 0.15) is 36.5 Å². The average Bonchev–Trinajstić information content (AvgIpc) is 3.55. The Morgan fingerprint density at radius 3 is 1.67 bits per heavy atom. The van der Waals surface area contributed by atoms with Gasteiger partial charge >= 0.3 is 0 Å². The van der Waals surface area contributed by atoms with Gasteiger partial charge in [-0.25, -0.2) is 0 Å². The zero-order valence-corrected chi connectivity index (χ0v) is 20.8. The van der Waals surface area contributed by atoms with Crippen LogP contribution in [0, 0.1) is 0 Å². The van der Waals surface area contributed by atoms with Crippen LogP contribution in [0.5, 0.6) is 0 Å². The number of rotatable bonds is 1. The summed E-state index contributed by atoms with van der Waals surface area (Å²) in [6.07, 6.45) is 2.24. The van der Waals surface area contributed by atoms with Crippen molar-refractivity contribution in [3.05, 3.63) is 89.5 Å². The van der Waals surface area contributed by atoms with Crippen LogP contribution < -0.4 is 26.2 Å². The Hall–Kier alpha value is -3.72. The minimum atomic E-state index is 0.289. The molecule has 3 heteroatoms. The summed E-state index contributed by atoms with van der Waals surface area (Å²) in [5, 5.41) is 5.64. The van der Waals surface area contributed by atoms with Crippen LogP contribution in [0.4, 0.5) is 22.7 Å². The summed E-state index contributed by atoms with van der Waals surface area (Å²) in [5.74, 6) is 0.505. The minimum absolute atomic E-state index is 0.289. The molecule has 4 heterocycles. The molecular weight excluding hydrogens is 435 g/mol. The van der Waals surface area contributed by atoms with Gasteiger partial charge in [0.15, 0.2) is 0 Å². The topological polar surface area (TPSA) is 6.48 Å². The van der Waals surface area contributed by atoms with E-state index in [9.17, 15) is 0 Å². The van der Waals surface area contributed by atoms with Gasteiger partial charge in [0.1, 0.15) is 0 Å². The second kappa shape index (κ2) is 6.53. The van der Waals surface area contributed by atoms with E-state index in [1.807, 2.05) is 0 Å². The number of fused-ring (bicyclic) bond motifs is 8. The van der Waals surface area contributed by atoms with Crippen molar-refractivity contribution in [2.24, 2.45) is 0 Å². The summed E-state index contributed by atoms with van der Waals surface area (Å²) < 4.78 is 0. The van der Waals surface area contributed by atoms with Crippen LogP contribution >= 0.6 is 0 Å². The summed E-state index contributed by atoms with van der Waals surface area (Å²) >= 11 is 0. The SMILES string of the molecule is CC(C)c1cc2c3c(c1)N1CCc4c1c(cc1ccccc41)B3c1cc3ccccc3c3c1N2CC3. The van der Waals surface area contributed by atoms with E-state index in [0.29, 0.717) is 5.92 Å². The molecule has 0 radical (unpaired) electrons. The van der Waals surface area contributed by atoms with Gasteiger partial charge in [0, 0.05) is 35.8 Å². The Morgan fingerprint density at radius 1 is 0.667 bits per heavy atom. The summed E-state index contributed by atoms with van der Waals surface area (Å²) in [4.78, 5) is 5.34. The van der Waals surface area contributed by atoms with Crippen molar-refractivity contribution in [1.29, 1.82) is 0 Å². The molecule has 0 N–H and O–H groups in total. The van der Waals surface area contributed by atoms with Crippen LogP contribution in [0.15, 0.2) is 72.8 Å². The lowest BCUT2D eigenvalue weighted by Gasteiger charge is -2.42. The molecule has 0 spiro atoms. The number of hydrogen-bond acceptors (Lipinski definition) is 2. The fraction of sp³-hybridized carbons (Fsp3) is 0.212. The quantitative estimate of drug-likeness (QED) is 0.297. The van der Waals surface area contributed by atoms with Gasteiger partial charge in [0.2, 0.25) is 0 Å². The third-order valence-corrected chi connectivity index (χ3v) is 9.34. The fourth-order valence-corrected chi connectivity index (χ4v) is 7.81. The monoisotopic (exact) mass is 462 g/mol. The van der Waals surface area contributed by atoms with Crippen LogP contribution in [0.2, 0.25) is 0 Å². The lowest BCUT2D eigenvalue weighted by molar-refractivity contribution is 0.863. The molecule has 0 atom stereocenters. The van der Waals surface area contributed by atoms with E-state index in [2.05, 4.69) is 96.4 Å². The maximum atomic E-state index is 2.67. The first-order valence-corrected chi connectivity index (χ1v) is 13.5. The zero-order chi connectivity index (χ0) is 23.7. The number of benzene rings is 5. The zero-order valence-electron chi connectivity index (χ0n) is 20.8. The number of nitrogens with zero attached hydrogens (tertiary/aromatic N) is 2. The molecular formula is C33H27BN2. The van der Waals surface area contributed by atoms with E-state index in [1.54, 1.807) is 11.1 Å². The van der Waals surface area contributed by atoms with Gasteiger partial charge in [-0.15, -0.1) is 0 Å². The highest BCUT2D eigenvalue weighted by Gasteiger charge is 2.47. The highest BCUT2D eigenvalue weighted by atomic mass is 15.2. The van der Waals surface area contributed by atoms with Crippen molar-refractivity contribution < 1.29 is 0 Å². The third-order valence-electron chi connectivity index (χ3n) is 9.34. The molecule has 4 aliphatic heterocycles. The van der Waals surface area contributed by atoms with Gasteiger partial charge in [0.05, 0.1) is 0 Å². The number of anilines is 4. The smallest absolute Gasteiger partial charge is 0.252 e. The van der Waals surface area contributed by atoms with Crippen molar-refractivity contribution in [2.45, 2.75) is 32.6 Å².